The molecule has 2 aromatic heterocycles. The molecule has 1 N–H and O–H groups in total. The lowest BCUT2D eigenvalue weighted by molar-refractivity contribution is 0.0869. The summed E-state index contributed by atoms with van der Waals surface area (Å²) in [5.74, 6) is 1.34. The minimum atomic E-state index is -0.780. The molecular formula is C28H29ClN4O2S. The first-order valence-electron chi connectivity index (χ1n) is 12.6. The summed E-state index contributed by atoms with van der Waals surface area (Å²) < 4.78 is 2.43. The summed E-state index contributed by atoms with van der Waals surface area (Å²) in [5.41, 5.74) is 4.43. The molecule has 2 bridgehead atoms. The largest absolute Gasteiger partial charge is 0.465 e. The van der Waals surface area contributed by atoms with E-state index in [1.165, 1.54) is 5.56 Å². The van der Waals surface area contributed by atoms with Gasteiger partial charge in [0.25, 0.3) is 0 Å². The standard InChI is InChI=1S/C28H29ClN4O2S/c1-16(2)26-31-23-10-5-18(25(27-30-11-12-36-27)17-3-6-19(29)7-4-17)13-24(23)33(26)22-14-20-8-9-21(15-22)32(20)28(34)35/h3-7,10-13,16,20-22,25H,8-9,14-15H2,1-2H3,(H,34,35). The van der Waals surface area contributed by atoms with Gasteiger partial charge in [-0.1, -0.05) is 43.6 Å². The number of carboxylic acid groups (broad SMARTS) is 1. The smallest absolute Gasteiger partial charge is 0.407 e. The van der Waals surface area contributed by atoms with Crippen molar-refractivity contribution in [2.45, 2.75) is 69.5 Å². The number of imidazole rings is 1. The highest BCUT2D eigenvalue weighted by Crippen LogP contribution is 2.44. The van der Waals surface area contributed by atoms with Gasteiger partial charge in [-0.3, -0.25) is 0 Å². The van der Waals surface area contributed by atoms with Crippen molar-refractivity contribution in [2.24, 2.45) is 0 Å². The van der Waals surface area contributed by atoms with Gasteiger partial charge in [-0.05, 0) is 61.1 Å². The Bertz CT molecular complexity index is 1390. The highest BCUT2D eigenvalue weighted by molar-refractivity contribution is 7.09. The normalized spacial score (nSPS) is 22.4. The zero-order valence-electron chi connectivity index (χ0n) is 20.3. The number of fused-ring (bicyclic) bond motifs is 3. The Labute approximate surface area is 219 Å². The number of halogens is 1. The van der Waals surface area contributed by atoms with Crippen LogP contribution in [0, 0.1) is 0 Å². The lowest BCUT2D eigenvalue weighted by Gasteiger charge is -2.38. The van der Waals surface area contributed by atoms with E-state index in [2.05, 4.69) is 53.7 Å². The average molecular weight is 521 g/mol. The van der Waals surface area contributed by atoms with Crippen LogP contribution in [0.15, 0.2) is 54.0 Å². The number of thiazole rings is 1. The lowest BCUT2D eigenvalue weighted by atomic mass is 9.91. The van der Waals surface area contributed by atoms with Crippen LogP contribution in [0.5, 0.6) is 0 Å². The summed E-state index contributed by atoms with van der Waals surface area (Å²) in [7, 11) is 0. The molecule has 2 aliphatic rings. The fraction of sp³-hybridized carbons (Fsp3) is 0.393. The van der Waals surface area contributed by atoms with Crippen molar-refractivity contribution in [3.05, 3.63) is 81.0 Å². The van der Waals surface area contributed by atoms with E-state index in [1.807, 2.05) is 23.7 Å². The number of rotatable bonds is 5. The van der Waals surface area contributed by atoms with Crippen molar-refractivity contribution in [1.29, 1.82) is 0 Å². The van der Waals surface area contributed by atoms with Gasteiger partial charge < -0.3 is 14.6 Å². The van der Waals surface area contributed by atoms with E-state index in [0.29, 0.717) is 5.02 Å². The third kappa shape index (κ3) is 3.98. The van der Waals surface area contributed by atoms with Crippen LogP contribution in [0.4, 0.5) is 4.79 Å². The fourth-order valence-electron chi connectivity index (χ4n) is 6.28. The van der Waals surface area contributed by atoms with E-state index in [1.54, 1.807) is 16.2 Å². The fourth-order valence-corrected chi connectivity index (χ4v) is 7.20. The Balaban J connectivity index is 1.47. The maximum atomic E-state index is 11.9. The van der Waals surface area contributed by atoms with E-state index in [-0.39, 0.29) is 30.0 Å². The zero-order chi connectivity index (χ0) is 25.0. The van der Waals surface area contributed by atoms with Crippen molar-refractivity contribution in [3.63, 3.8) is 0 Å². The molecule has 2 aliphatic heterocycles. The Morgan fingerprint density at radius 3 is 2.36 bits per heavy atom. The van der Waals surface area contributed by atoms with E-state index in [4.69, 9.17) is 16.6 Å². The molecule has 0 spiro atoms. The third-order valence-electron chi connectivity index (χ3n) is 7.79. The second kappa shape index (κ2) is 9.20. The monoisotopic (exact) mass is 520 g/mol. The lowest BCUT2D eigenvalue weighted by Crippen LogP contribution is -2.46. The minimum Gasteiger partial charge on any atom is -0.465 e. The first-order valence-corrected chi connectivity index (χ1v) is 13.8. The molecule has 3 atom stereocenters. The number of nitrogens with zero attached hydrogens (tertiary/aromatic N) is 4. The summed E-state index contributed by atoms with van der Waals surface area (Å²) in [6.45, 7) is 4.37. The molecule has 6 rings (SSSR count). The van der Waals surface area contributed by atoms with Crippen LogP contribution in [-0.4, -0.2) is 42.7 Å². The molecule has 0 radical (unpaired) electrons. The molecule has 4 aromatic rings. The molecule has 186 valence electrons. The Kier molecular flexibility index (Phi) is 6.00. The van der Waals surface area contributed by atoms with Gasteiger partial charge in [-0.2, -0.15) is 0 Å². The number of amides is 1. The predicted molar refractivity (Wildman–Crippen MR) is 143 cm³/mol. The number of hydrogen-bond acceptors (Lipinski definition) is 4. The van der Waals surface area contributed by atoms with E-state index >= 15 is 0 Å². The quantitative estimate of drug-likeness (QED) is 0.300. The molecule has 1 amide bonds. The van der Waals surface area contributed by atoms with Crippen LogP contribution in [0.2, 0.25) is 5.02 Å². The van der Waals surface area contributed by atoms with Gasteiger partial charge in [0.15, 0.2) is 0 Å². The summed E-state index contributed by atoms with van der Waals surface area (Å²) in [4.78, 5) is 23.3. The van der Waals surface area contributed by atoms with Crippen molar-refractivity contribution >= 4 is 40.1 Å². The number of benzene rings is 2. The highest BCUT2D eigenvalue weighted by atomic mass is 35.5. The Morgan fingerprint density at radius 2 is 1.75 bits per heavy atom. The molecule has 6 nitrogen and oxygen atoms in total. The Hall–Kier alpha value is -2.90. The maximum absolute atomic E-state index is 11.9. The summed E-state index contributed by atoms with van der Waals surface area (Å²) >= 11 is 7.85. The van der Waals surface area contributed by atoms with Gasteiger partial charge in [0.2, 0.25) is 0 Å². The third-order valence-corrected chi connectivity index (χ3v) is 8.88. The predicted octanol–water partition coefficient (Wildman–Crippen LogP) is 7.30. The van der Waals surface area contributed by atoms with Gasteiger partial charge in [0, 0.05) is 40.6 Å². The molecular weight excluding hydrogens is 492 g/mol. The molecule has 0 saturated carbocycles. The van der Waals surface area contributed by atoms with Gasteiger partial charge >= 0.3 is 6.09 Å². The first-order chi connectivity index (χ1) is 17.4. The van der Waals surface area contributed by atoms with Crippen LogP contribution in [-0.2, 0) is 0 Å². The minimum absolute atomic E-state index is 0.00237. The number of aromatic nitrogens is 3. The summed E-state index contributed by atoms with van der Waals surface area (Å²) in [5, 5.41) is 13.5. The van der Waals surface area contributed by atoms with Crippen LogP contribution >= 0.6 is 22.9 Å². The van der Waals surface area contributed by atoms with Crippen LogP contribution in [0.3, 0.4) is 0 Å². The molecule has 0 aliphatic carbocycles. The van der Waals surface area contributed by atoms with E-state index in [9.17, 15) is 9.90 Å². The number of piperidine rings is 1. The Morgan fingerprint density at radius 1 is 1.06 bits per heavy atom. The summed E-state index contributed by atoms with van der Waals surface area (Å²) in [6.07, 6.45) is 4.65. The molecule has 4 heterocycles. The topological polar surface area (TPSA) is 71.2 Å². The zero-order valence-corrected chi connectivity index (χ0v) is 21.9. The van der Waals surface area contributed by atoms with E-state index < -0.39 is 6.09 Å². The number of carbonyl (C=O) groups is 1. The van der Waals surface area contributed by atoms with Crippen molar-refractivity contribution < 1.29 is 9.90 Å². The van der Waals surface area contributed by atoms with Gasteiger partial charge in [0.1, 0.15) is 10.8 Å². The molecule has 2 saturated heterocycles. The average Bonchev–Trinajstić information content (AvgIpc) is 3.57. The van der Waals surface area contributed by atoms with Crippen molar-refractivity contribution in [1.82, 2.24) is 19.4 Å². The molecule has 2 aromatic carbocycles. The molecule has 8 heteroatoms. The highest BCUT2D eigenvalue weighted by Gasteiger charge is 2.44. The number of hydrogen-bond donors (Lipinski definition) is 1. The van der Waals surface area contributed by atoms with Gasteiger partial charge in [0.05, 0.1) is 17.0 Å². The van der Waals surface area contributed by atoms with Gasteiger partial charge in [-0.15, -0.1) is 11.3 Å². The van der Waals surface area contributed by atoms with Crippen LogP contribution in [0.25, 0.3) is 11.0 Å². The second-order valence-electron chi connectivity index (χ2n) is 10.3. The van der Waals surface area contributed by atoms with Crippen molar-refractivity contribution in [2.75, 3.05) is 0 Å². The SMILES string of the molecule is CC(C)c1nc2ccc(C(c3ccc(Cl)cc3)c3nccs3)cc2n1C1CC2CCC(C1)N2C(=O)O. The molecule has 3 unspecified atom stereocenters. The van der Waals surface area contributed by atoms with Crippen LogP contribution in [0.1, 0.15) is 79.4 Å². The van der Waals surface area contributed by atoms with Gasteiger partial charge in [-0.25, -0.2) is 14.8 Å². The van der Waals surface area contributed by atoms with Crippen molar-refractivity contribution in [3.8, 4) is 0 Å². The summed E-state index contributed by atoms with van der Waals surface area (Å²) in [6, 6.07) is 15.0. The molecule has 2 fully saturated rings. The van der Waals surface area contributed by atoms with E-state index in [0.717, 1.165) is 53.1 Å². The van der Waals surface area contributed by atoms with Crippen LogP contribution < -0.4 is 0 Å². The first kappa shape index (κ1) is 23.5. The maximum Gasteiger partial charge on any atom is 0.407 e. The molecule has 36 heavy (non-hydrogen) atoms. The second-order valence-corrected chi connectivity index (χ2v) is 11.7.